The SMILES string of the molecule is N#CNn1c(=O)[nH]c(=O)[nH]c1=O. The van der Waals surface area contributed by atoms with Crippen LogP contribution in [0.15, 0.2) is 14.4 Å². The van der Waals surface area contributed by atoms with E-state index in [1.165, 1.54) is 6.19 Å². The Kier molecular flexibility index (Phi) is 1.79. The molecule has 0 radical (unpaired) electrons. The average molecular weight is 169 g/mol. The van der Waals surface area contributed by atoms with Crippen LogP contribution >= 0.6 is 0 Å². The average Bonchev–Trinajstić information content (AvgIpc) is 1.96. The van der Waals surface area contributed by atoms with Gasteiger partial charge in [-0.2, -0.15) is 5.26 Å². The van der Waals surface area contributed by atoms with E-state index in [0.717, 1.165) is 0 Å². The first-order valence-electron chi connectivity index (χ1n) is 2.76. The van der Waals surface area contributed by atoms with Crippen molar-refractivity contribution in [1.29, 1.82) is 5.26 Å². The molecule has 12 heavy (non-hydrogen) atoms. The third-order valence-electron chi connectivity index (χ3n) is 1.01. The van der Waals surface area contributed by atoms with Crippen LogP contribution in [-0.4, -0.2) is 14.6 Å². The van der Waals surface area contributed by atoms with Gasteiger partial charge in [0.1, 0.15) is 0 Å². The Hall–Kier alpha value is -2.30. The van der Waals surface area contributed by atoms with Gasteiger partial charge in [0, 0.05) is 0 Å². The highest BCUT2D eigenvalue weighted by atomic mass is 16.2. The van der Waals surface area contributed by atoms with Crippen LogP contribution in [0.25, 0.3) is 0 Å². The maximum Gasteiger partial charge on any atom is 0.353 e. The van der Waals surface area contributed by atoms with E-state index < -0.39 is 17.1 Å². The van der Waals surface area contributed by atoms with E-state index >= 15 is 0 Å². The molecule has 0 unspecified atom stereocenters. The van der Waals surface area contributed by atoms with Gasteiger partial charge in [-0.1, -0.05) is 0 Å². The summed E-state index contributed by atoms with van der Waals surface area (Å²) in [5.41, 5.74) is -1.14. The van der Waals surface area contributed by atoms with Crippen LogP contribution in [0.4, 0.5) is 0 Å². The Labute approximate surface area is 64.1 Å². The van der Waals surface area contributed by atoms with Crippen molar-refractivity contribution in [2.45, 2.75) is 0 Å². The lowest BCUT2D eigenvalue weighted by molar-refractivity contribution is 0.737. The Bertz CT molecular complexity index is 451. The minimum absolute atomic E-state index is 0.335. The lowest BCUT2D eigenvalue weighted by atomic mass is 11.0. The Morgan fingerprint density at radius 2 is 1.75 bits per heavy atom. The molecular weight excluding hydrogens is 166 g/mol. The zero-order chi connectivity index (χ0) is 9.14. The van der Waals surface area contributed by atoms with Crippen molar-refractivity contribution in [3.63, 3.8) is 0 Å². The van der Waals surface area contributed by atoms with Crippen molar-refractivity contribution >= 4 is 0 Å². The van der Waals surface area contributed by atoms with Gasteiger partial charge in [0.25, 0.3) is 0 Å². The summed E-state index contributed by atoms with van der Waals surface area (Å²) in [7, 11) is 0. The van der Waals surface area contributed by atoms with Gasteiger partial charge in [0.15, 0.2) is 6.19 Å². The maximum absolute atomic E-state index is 10.7. The zero-order valence-corrected chi connectivity index (χ0v) is 5.62. The van der Waals surface area contributed by atoms with Gasteiger partial charge in [-0.25, -0.2) is 19.8 Å². The molecule has 0 aliphatic rings. The van der Waals surface area contributed by atoms with E-state index in [1.807, 2.05) is 0 Å². The molecule has 62 valence electrons. The highest BCUT2D eigenvalue weighted by molar-refractivity contribution is 4.87. The van der Waals surface area contributed by atoms with E-state index in [-0.39, 0.29) is 0 Å². The second-order valence-electron chi connectivity index (χ2n) is 1.75. The van der Waals surface area contributed by atoms with Crippen molar-refractivity contribution in [2.75, 3.05) is 5.43 Å². The molecule has 0 fully saturated rings. The van der Waals surface area contributed by atoms with Gasteiger partial charge in [-0.3, -0.25) is 9.97 Å². The molecule has 0 spiro atoms. The third-order valence-corrected chi connectivity index (χ3v) is 1.01. The summed E-state index contributed by atoms with van der Waals surface area (Å²) in [4.78, 5) is 35.4. The first-order valence-corrected chi connectivity index (χ1v) is 2.76. The molecule has 1 heterocycles. The quantitative estimate of drug-likeness (QED) is 0.310. The van der Waals surface area contributed by atoms with Crippen molar-refractivity contribution in [3.8, 4) is 6.19 Å². The number of aromatic amines is 2. The Morgan fingerprint density at radius 3 is 2.17 bits per heavy atom. The molecular formula is C4H3N5O3. The fraction of sp³-hybridized carbons (Fsp3) is 0. The van der Waals surface area contributed by atoms with Crippen LogP contribution in [0.3, 0.4) is 0 Å². The molecule has 1 aromatic heterocycles. The summed E-state index contributed by atoms with van der Waals surface area (Å²) in [5, 5.41) is 8.07. The molecule has 0 aliphatic heterocycles. The topological polar surface area (TPSA) is 124 Å². The van der Waals surface area contributed by atoms with E-state index in [1.54, 1.807) is 15.4 Å². The molecule has 0 bridgehead atoms. The molecule has 3 N–H and O–H groups in total. The smallest absolute Gasteiger partial charge is 0.257 e. The zero-order valence-electron chi connectivity index (χ0n) is 5.62. The highest BCUT2D eigenvalue weighted by Gasteiger charge is 1.99. The minimum Gasteiger partial charge on any atom is -0.257 e. The normalized spacial score (nSPS) is 8.92. The van der Waals surface area contributed by atoms with Crippen molar-refractivity contribution < 1.29 is 0 Å². The summed E-state index contributed by atoms with van der Waals surface area (Å²) >= 11 is 0. The lowest BCUT2D eigenvalue weighted by Gasteiger charge is -1.95. The molecule has 0 amide bonds. The number of rotatable bonds is 1. The largest absolute Gasteiger partial charge is 0.353 e. The molecule has 1 aromatic rings. The van der Waals surface area contributed by atoms with Crippen LogP contribution in [-0.2, 0) is 0 Å². The highest BCUT2D eigenvalue weighted by Crippen LogP contribution is 1.50. The van der Waals surface area contributed by atoms with Crippen LogP contribution < -0.4 is 22.5 Å². The number of nitrogens with zero attached hydrogens (tertiary/aromatic N) is 2. The van der Waals surface area contributed by atoms with Crippen LogP contribution in [0.2, 0.25) is 0 Å². The first kappa shape index (κ1) is 7.80. The van der Waals surface area contributed by atoms with Crippen LogP contribution in [0.1, 0.15) is 0 Å². The molecule has 0 atom stereocenters. The first-order chi connectivity index (χ1) is 5.65. The van der Waals surface area contributed by atoms with Gasteiger partial charge in [-0.15, -0.1) is 4.68 Å². The molecule has 0 saturated carbocycles. The number of hydrogen-bond donors (Lipinski definition) is 3. The predicted molar refractivity (Wildman–Crippen MR) is 36.9 cm³/mol. The number of aromatic nitrogens is 3. The summed E-state index contributed by atoms with van der Waals surface area (Å²) in [6, 6.07) is 0. The van der Waals surface area contributed by atoms with Gasteiger partial charge in [0.2, 0.25) is 0 Å². The van der Waals surface area contributed by atoms with E-state index in [9.17, 15) is 14.4 Å². The maximum atomic E-state index is 10.7. The van der Waals surface area contributed by atoms with Crippen molar-refractivity contribution in [1.82, 2.24) is 14.6 Å². The predicted octanol–water partition coefficient (Wildman–Crippen LogP) is -2.75. The van der Waals surface area contributed by atoms with Crippen molar-refractivity contribution in [3.05, 3.63) is 31.5 Å². The molecule has 8 heteroatoms. The molecule has 8 nitrogen and oxygen atoms in total. The fourth-order valence-electron chi connectivity index (χ4n) is 0.581. The third kappa shape index (κ3) is 1.24. The molecule has 1 rings (SSSR count). The summed E-state index contributed by atoms with van der Waals surface area (Å²) in [6.45, 7) is 0. The van der Waals surface area contributed by atoms with Crippen LogP contribution in [0, 0.1) is 11.5 Å². The molecule has 0 saturated heterocycles. The number of H-pyrrole nitrogens is 2. The van der Waals surface area contributed by atoms with E-state index in [0.29, 0.717) is 4.68 Å². The molecule has 0 aromatic carbocycles. The fourth-order valence-corrected chi connectivity index (χ4v) is 0.581. The van der Waals surface area contributed by atoms with Gasteiger partial charge < -0.3 is 0 Å². The standard InChI is InChI=1S/C4H3N5O3/c5-1-6-9-3(11)7-2(10)8-4(9)12/h6H,(H2,7,8,10,11,12). The van der Waals surface area contributed by atoms with Gasteiger partial charge in [0.05, 0.1) is 0 Å². The number of hydrogen-bond acceptors (Lipinski definition) is 5. The number of nitrogens with one attached hydrogen (secondary N) is 3. The lowest BCUT2D eigenvalue weighted by Crippen LogP contribution is -2.46. The van der Waals surface area contributed by atoms with Gasteiger partial charge in [-0.05, 0) is 0 Å². The summed E-state index contributed by atoms with van der Waals surface area (Å²) < 4.78 is 0.335. The number of nitriles is 1. The van der Waals surface area contributed by atoms with E-state index in [2.05, 4.69) is 0 Å². The summed E-state index contributed by atoms with van der Waals surface area (Å²) in [6.07, 6.45) is 1.36. The van der Waals surface area contributed by atoms with Crippen LogP contribution in [0.5, 0.6) is 0 Å². The molecule has 0 aliphatic carbocycles. The van der Waals surface area contributed by atoms with Crippen molar-refractivity contribution in [2.24, 2.45) is 0 Å². The van der Waals surface area contributed by atoms with E-state index in [4.69, 9.17) is 5.26 Å². The second kappa shape index (κ2) is 2.75. The Balaban J connectivity index is 3.52. The summed E-state index contributed by atoms with van der Waals surface area (Å²) in [5.74, 6) is 0. The minimum atomic E-state index is -0.995. The second-order valence-corrected chi connectivity index (χ2v) is 1.75. The van der Waals surface area contributed by atoms with Gasteiger partial charge >= 0.3 is 17.1 Å². The monoisotopic (exact) mass is 169 g/mol. The Morgan fingerprint density at radius 1 is 1.25 bits per heavy atom.